The zero-order valence-electron chi connectivity index (χ0n) is 24.6. The Bertz CT molecular complexity index is 1860. The van der Waals surface area contributed by atoms with Crippen molar-refractivity contribution < 1.29 is 27.5 Å². The summed E-state index contributed by atoms with van der Waals surface area (Å²) >= 11 is 1.29. The van der Waals surface area contributed by atoms with E-state index in [1.54, 1.807) is 0 Å². The van der Waals surface area contributed by atoms with Crippen LogP contribution in [0.4, 0.5) is 9.80 Å². The number of methoxy groups -OCH3 is 1. The molecular weight excluding hydrogens is 613 g/mol. The van der Waals surface area contributed by atoms with Crippen molar-refractivity contribution in [2.45, 2.75) is 37.4 Å². The van der Waals surface area contributed by atoms with Crippen molar-refractivity contribution in [2.24, 2.45) is 0 Å². The average molecular weight is 645 g/mol. The number of fused-ring (bicyclic) bond motifs is 2. The first kappa shape index (κ1) is 30.7. The third-order valence-electron chi connectivity index (χ3n) is 8.09. The van der Waals surface area contributed by atoms with E-state index in [2.05, 4.69) is 32.4 Å². The van der Waals surface area contributed by atoms with E-state index < -0.39 is 27.9 Å². The summed E-state index contributed by atoms with van der Waals surface area (Å²) in [6, 6.07) is 23.7. The predicted octanol–water partition coefficient (Wildman–Crippen LogP) is 4.80. The average Bonchev–Trinajstić information content (AvgIpc) is 3.42. The molecule has 0 atom stereocenters. The maximum Gasteiger partial charge on any atom is 0.413 e. The fourth-order valence-corrected chi connectivity index (χ4v) is 8.45. The molecule has 0 radical (unpaired) electrons. The number of hydrogen-bond donors (Lipinski definition) is 2. The first-order valence-corrected chi connectivity index (χ1v) is 16.8. The number of carbonyl (C=O) groups excluding carboxylic acids is 3. The van der Waals surface area contributed by atoms with Gasteiger partial charge in [0.25, 0.3) is 11.8 Å². The number of nitrogens with zero attached hydrogens (tertiary/aromatic N) is 2. The van der Waals surface area contributed by atoms with E-state index in [0.717, 1.165) is 28.1 Å². The molecule has 0 saturated heterocycles. The van der Waals surface area contributed by atoms with E-state index in [4.69, 9.17) is 0 Å². The maximum atomic E-state index is 13.4. The summed E-state index contributed by atoms with van der Waals surface area (Å²) in [6.45, 7) is 2.69. The number of imide groups is 1. The van der Waals surface area contributed by atoms with Gasteiger partial charge in [0.15, 0.2) is 0 Å². The van der Waals surface area contributed by atoms with E-state index >= 15 is 0 Å². The van der Waals surface area contributed by atoms with E-state index in [0.29, 0.717) is 44.0 Å². The summed E-state index contributed by atoms with van der Waals surface area (Å²) in [5, 5.41) is 5.38. The van der Waals surface area contributed by atoms with Gasteiger partial charge in [-0.15, -0.1) is 11.3 Å². The van der Waals surface area contributed by atoms with Crippen molar-refractivity contribution in [2.75, 3.05) is 25.5 Å². The van der Waals surface area contributed by atoms with Gasteiger partial charge < -0.3 is 10.1 Å². The smallest absolute Gasteiger partial charge is 0.413 e. The molecule has 0 fully saturated rings. The van der Waals surface area contributed by atoms with E-state index in [-0.39, 0.29) is 16.0 Å². The lowest BCUT2D eigenvalue weighted by Crippen LogP contribution is -2.35. The van der Waals surface area contributed by atoms with Crippen molar-refractivity contribution in [1.29, 1.82) is 0 Å². The largest absolute Gasteiger partial charge is 0.453 e. The number of ether oxygens (including phenoxy) is 1. The van der Waals surface area contributed by atoms with Crippen LogP contribution in [0.1, 0.15) is 47.8 Å². The monoisotopic (exact) mass is 644 g/mol. The van der Waals surface area contributed by atoms with Gasteiger partial charge in [0.05, 0.1) is 17.6 Å². The number of amides is 3. The molecule has 3 heterocycles. The highest BCUT2D eigenvalue weighted by atomic mass is 32.2. The molecule has 45 heavy (non-hydrogen) atoms. The topological polar surface area (TPSA) is 125 Å². The van der Waals surface area contributed by atoms with Gasteiger partial charge >= 0.3 is 6.09 Å². The number of rotatable bonds is 7. The number of alkyl carbamates (subject to hydrolysis) is 1. The normalized spacial score (nSPS) is 15.0. The molecule has 10 nitrogen and oxygen atoms in total. The molecule has 3 aromatic carbocycles. The molecule has 0 unspecified atom stereocenters. The van der Waals surface area contributed by atoms with Gasteiger partial charge in [-0.3, -0.25) is 19.8 Å². The lowest BCUT2D eigenvalue weighted by atomic mass is 10.0. The lowest BCUT2D eigenvalue weighted by Gasteiger charge is -2.28. The van der Waals surface area contributed by atoms with E-state index in [9.17, 15) is 22.8 Å². The lowest BCUT2D eigenvalue weighted by molar-refractivity contribution is 0.0936. The zero-order valence-corrected chi connectivity index (χ0v) is 26.2. The standard InChI is InChI=1S/C33H32N4O6S2/c1-43-33(40)35-31(39)29-27-16-17-36(19-22-7-3-2-4-8-22)21-28(27)44-32(29)34-30(38)24-11-13-26(14-12-24)45(41,42)37-18-15-23-9-5-6-10-25(23)20-37/h2-14H,15-21H2,1H3,(H,34,38)(H,35,39,40). The summed E-state index contributed by atoms with van der Waals surface area (Å²) in [7, 11) is -2.60. The van der Waals surface area contributed by atoms with Gasteiger partial charge in [-0.1, -0.05) is 54.6 Å². The zero-order chi connectivity index (χ0) is 31.6. The third kappa shape index (κ3) is 6.54. The van der Waals surface area contributed by atoms with E-state index in [1.165, 1.54) is 52.6 Å². The van der Waals surface area contributed by atoms with Crippen LogP contribution < -0.4 is 10.6 Å². The SMILES string of the molecule is COC(=O)NC(=O)c1c(NC(=O)c2ccc(S(=O)(=O)N3CCc4ccccc4C3)cc2)sc2c1CCN(Cc1ccccc1)C2. The van der Waals surface area contributed by atoms with Crippen molar-refractivity contribution in [3.8, 4) is 0 Å². The van der Waals surface area contributed by atoms with Gasteiger partial charge in [-0.25, -0.2) is 13.2 Å². The minimum Gasteiger partial charge on any atom is -0.453 e. The van der Waals surface area contributed by atoms with Gasteiger partial charge in [-0.2, -0.15) is 4.31 Å². The second kappa shape index (κ2) is 12.9. The molecule has 1 aromatic heterocycles. The molecule has 0 aliphatic carbocycles. The number of nitrogens with one attached hydrogen (secondary N) is 2. The Kier molecular flexibility index (Phi) is 8.81. The van der Waals surface area contributed by atoms with Gasteiger partial charge in [0.1, 0.15) is 5.00 Å². The van der Waals surface area contributed by atoms with Gasteiger partial charge in [0.2, 0.25) is 10.0 Å². The molecule has 0 bridgehead atoms. The van der Waals surface area contributed by atoms with Crippen LogP contribution in [0.3, 0.4) is 0 Å². The highest BCUT2D eigenvalue weighted by molar-refractivity contribution is 7.89. The number of thiophene rings is 1. The Labute approximate surface area is 265 Å². The van der Waals surface area contributed by atoms with Crippen LogP contribution in [-0.2, 0) is 47.2 Å². The molecule has 232 valence electrons. The second-order valence-corrected chi connectivity index (χ2v) is 14.0. The third-order valence-corrected chi connectivity index (χ3v) is 11.1. The Morgan fingerprint density at radius 1 is 0.844 bits per heavy atom. The molecule has 2 aliphatic heterocycles. The molecule has 2 N–H and O–H groups in total. The molecule has 12 heteroatoms. The minimum absolute atomic E-state index is 0.0988. The fourth-order valence-electron chi connectivity index (χ4n) is 5.75. The maximum absolute atomic E-state index is 13.4. The van der Waals surface area contributed by atoms with Crippen LogP contribution in [0.5, 0.6) is 0 Å². The molecular formula is C33H32N4O6S2. The molecule has 2 aliphatic rings. The molecule has 0 spiro atoms. The summed E-state index contributed by atoms with van der Waals surface area (Å²) < 4.78 is 32.9. The molecule has 6 rings (SSSR count). The van der Waals surface area contributed by atoms with Crippen LogP contribution in [0.25, 0.3) is 0 Å². The van der Waals surface area contributed by atoms with Crippen LogP contribution in [0, 0.1) is 0 Å². The van der Waals surface area contributed by atoms with Crippen molar-refractivity contribution in [3.05, 3.63) is 117 Å². The van der Waals surface area contributed by atoms with Crippen molar-refractivity contribution in [3.63, 3.8) is 0 Å². The summed E-state index contributed by atoms with van der Waals surface area (Å²) in [6.07, 6.45) is 0.301. The van der Waals surface area contributed by atoms with Crippen molar-refractivity contribution in [1.82, 2.24) is 14.5 Å². The second-order valence-electron chi connectivity index (χ2n) is 10.9. The molecule has 0 saturated carbocycles. The predicted molar refractivity (Wildman–Crippen MR) is 171 cm³/mol. The molecule has 3 amide bonds. The van der Waals surface area contributed by atoms with Crippen LogP contribution in [0.15, 0.2) is 83.8 Å². The quantitative estimate of drug-likeness (QED) is 0.296. The number of anilines is 1. The number of carbonyl (C=O) groups is 3. The van der Waals surface area contributed by atoms with Crippen LogP contribution >= 0.6 is 11.3 Å². The molecule has 4 aromatic rings. The fraction of sp³-hybridized carbons (Fsp3) is 0.242. The first-order chi connectivity index (χ1) is 21.7. The van der Waals surface area contributed by atoms with Crippen LogP contribution in [-0.4, -0.2) is 55.7 Å². The van der Waals surface area contributed by atoms with Crippen molar-refractivity contribution >= 4 is 44.3 Å². The summed E-state index contributed by atoms with van der Waals surface area (Å²) in [5.74, 6) is -1.16. The minimum atomic E-state index is -3.77. The van der Waals surface area contributed by atoms with Gasteiger partial charge in [0, 0.05) is 43.2 Å². The number of benzene rings is 3. The summed E-state index contributed by atoms with van der Waals surface area (Å²) in [5.41, 5.74) is 4.55. The first-order valence-electron chi connectivity index (χ1n) is 14.5. The Morgan fingerprint density at radius 3 is 2.29 bits per heavy atom. The number of sulfonamides is 1. The Morgan fingerprint density at radius 2 is 1.56 bits per heavy atom. The highest BCUT2D eigenvalue weighted by Gasteiger charge is 2.31. The summed E-state index contributed by atoms with van der Waals surface area (Å²) in [4.78, 5) is 41.8. The van der Waals surface area contributed by atoms with E-state index in [1.807, 2.05) is 42.5 Å². The van der Waals surface area contributed by atoms with Gasteiger partial charge in [-0.05, 0) is 59.4 Å². The van der Waals surface area contributed by atoms with Crippen LogP contribution in [0.2, 0.25) is 0 Å². The Hall–Kier alpha value is -4.36. The highest BCUT2D eigenvalue weighted by Crippen LogP contribution is 2.38. The Balaban J connectivity index is 1.21. The number of hydrogen-bond acceptors (Lipinski definition) is 8.